The van der Waals surface area contributed by atoms with E-state index in [-0.39, 0.29) is 11.9 Å². The number of benzene rings is 1. The second-order valence-corrected chi connectivity index (χ2v) is 6.45. The van der Waals surface area contributed by atoms with Crippen molar-refractivity contribution in [3.05, 3.63) is 65.5 Å². The number of pyridine rings is 1. The number of hydrogen-bond acceptors (Lipinski definition) is 6. The largest absolute Gasteiger partial charge is 0.497 e. The lowest BCUT2D eigenvalue weighted by Crippen LogP contribution is -2.27. The van der Waals surface area contributed by atoms with Crippen LogP contribution in [0.15, 0.2) is 57.7 Å². The molecular formula is C21H19N3O4. The Bertz CT molecular complexity index is 1130. The number of fused-ring (bicyclic) bond motifs is 1. The second kappa shape index (κ2) is 7.19. The smallest absolute Gasteiger partial charge is 0.259 e. The fourth-order valence-electron chi connectivity index (χ4n) is 3.09. The summed E-state index contributed by atoms with van der Waals surface area (Å²) in [7, 11) is 1.61. The van der Waals surface area contributed by atoms with Gasteiger partial charge in [-0.2, -0.15) is 0 Å². The molecule has 4 aromatic rings. The Balaban J connectivity index is 1.71. The summed E-state index contributed by atoms with van der Waals surface area (Å²) in [5.74, 6) is 1.03. The normalized spacial score (nSPS) is 12.1. The third kappa shape index (κ3) is 3.22. The standard InChI is InChI=1S/C21H19N3O4/c1-12(14-6-4-7-15(10-14)26-3)22-20(25)16-11-17(18-8-5-9-27-18)23-21-19(16)13(2)24-28-21/h4-12H,1-3H3,(H,22,25)/t12-/m1/s1. The maximum atomic E-state index is 13.1. The van der Waals surface area contributed by atoms with Gasteiger partial charge in [-0.3, -0.25) is 4.79 Å². The molecule has 7 nitrogen and oxygen atoms in total. The van der Waals surface area contributed by atoms with Crippen molar-refractivity contribution in [1.29, 1.82) is 0 Å². The molecule has 0 spiro atoms. The van der Waals surface area contributed by atoms with Gasteiger partial charge in [0.05, 0.1) is 36.1 Å². The molecule has 0 saturated heterocycles. The second-order valence-electron chi connectivity index (χ2n) is 6.45. The Morgan fingerprint density at radius 3 is 2.82 bits per heavy atom. The monoisotopic (exact) mass is 377 g/mol. The number of aryl methyl sites for hydroxylation is 1. The van der Waals surface area contributed by atoms with E-state index in [9.17, 15) is 4.79 Å². The molecule has 0 bridgehead atoms. The van der Waals surface area contributed by atoms with E-state index in [0.29, 0.717) is 33.8 Å². The summed E-state index contributed by atoms with van der Waals surface area (Å²) >= 11 is 0. The van der Waals surface area contributed by atoms with Crippen LogP contribution in [0.3, 0.4) is 0 Å². The van der Waals surface area contributed by atoms with Crippen LogP contribution in [0.5, 0.6) is 5.75 Å². The van der Waals surface area contributed by atoms with Gasteiger partial charge in [0.1, 0.15) is 11.4 Å². The van der Waals surface area contributed by atoms with Crippen molar-refractivity contribution in [3.8, 4) is 17.2 Å². The van der Waals surface area contributed by atoms with Gasteiger partial charge in [-0.05, 0) is 49.7 Å². The maximum Gasteiger partial charge on any atom is 0.259 e. The minimum Gasteiger partial charge on any atom is -0.497 e. The fraction of sp³-hybridized carbons (Fsp3) is 0.190. The highest BCUT2D eigenvalue weighted by atomic mass is 16.5. The number of hydrogen-bond donors (Lipinski definition) is 1. The highest BCUT2D eigenvalue weighted by Crippen LogP contribution is 2.28. The molecule has 0 unspecified atom stereocenters. The number of carbonyl (C=O) groups is 1. The van der Waals surface area contributed by atoms with Crippen molar-refractivity contribution < 1.29 is 18.5 Å². The number of furan rings is 1. The average molecular weight is 377 g/mol. The van der Waals surface area contributed by atoms with Crippen molar-refractivity contribution >= 4 is 17.0 Å². The van der Waals surface area contributed by atoms with E-state index in [0.717, 1.165) is 11.3 Å². The van der Waals surface area contributed by atoms with Crippen LogP contribution in [0.25, 0.3) is 22.6 Å². The van der Waals surface area contributed by atoms with Crippen LogP contribution < -0.4 is 10.1 Å². The molecule has 1 aromatic carbocycles. The Hall–Kier alpha value is -3.61. The highest BCUT2D eigenvalue weighted by Gasteiger charge is 2.21. The third-order valence-electron chi connectivity index (χ3n) is 4.58. The quantitative estimate of drug-likeness (QED) is 0.558. The van der Waals surface area contributed by atoms with E-state index in [2.05, 4.69) is 15.5 Å². The van der Waals surface area contributed by atoms with Gasteiger partial charge in [0, 0.05) is 0 Å². The van der Waals surface area contributed by atoms with E-state index >= 15 is 0 Å². The molecule has 0 fully saturated rings. The van der Waals surface area contributed by atoms with E-state index in [1.807, 2.05) is 31.2 Å². The number of nitrogens with one attached hydrogen (secondary N) is 1. The van der Waals surface area contributed by atoms with E-state index in [4.69, 9.17) is 13.7 Å². The number of nitrogens with zero attached hydrogens (tertiary/aromatic N) is 2. The number of methoxy groups -OCH3 is 1. The molecule has 1 amide bonds. The third-order valence-corrected chi connectivity index (χ3v) is 4.58. The SMILES string of the molecule is COc1cccc([C@@H](C)NC(=O)c2cc(-c3ccco3)nc3onc(C)c23)c1. The van der Waals surface area contributed by atoms with Gasteiger partial charge in [-0.25, -0.2) is 4.98 Å². The van der Waals surface area contributed by atoms with Crippen LogP contribution in [-0.2, 0) is 0 Å². The van der Waals surface area contributed by atoms with Gasteiger partial charge >= 0.3 is 0 Å². The number of ether oxygens (including phenoxy) is 1. The first-order valence-corrected chi connectivity index (χ1v) is 8.82. The lowest BCUT2D eigenvalue weighted by atomic mass is 10.1. The van der Waals surface area contributed by atoms with Crippen LogP contribution in [0.4, 0.5) is 0 Å². The summed E-state index contributed by atoms with van der Waals surface area (Å²) in [5.41, 5.74) is 2.78. The summed E-state index contributed by atoms with van der Waals surface area (Å²) < 4.78 is 16.0. The van der Waals surface area contributed by atoms with E-state index in [1.54, 1.807) is 38.5 Å². The first kappa shape index (κ1) is 17.8. The summed E-state index contributed by atoms with van der Waals surface area (Å²) in [6.45, 7) is 3.70. The van der Waals surface area contributed by atoms with Crippen LogP contribution in [0.1, 0.15) is 34.6 Å². The number of carbonyl (C=O) groups excluding carboxylic acids is 1. The Labute approximate surface area is 161 Å². The fourth-order valence-corrected chi connectivity index (χ4v) is 3.09. The van der Waals surface area contributed by atoms with Crippen LogP contribution in [-0.4, -0.2) is 23.2 Å². The molecule has 0 aliphatic rings. The van der Waals surface area contributed by atoms with Gasteiger partial charge in [0.15, 0.2) is 5.76 Å². The Morgan fingerprint density at radius 2 is 2.07 bits per heavy atom. The summed E-state index contributed by atoms with van der Waals surface area (Å²) in [5, 5.41) is 7.57. The predicted molar refractivity (Wildman–Crippen MR) is 103 cm³/mol. The minimum atomic E-state index is -0.248. The van der Waals surface area contributed by atoms with Crippen molar-refractivity contribution in [2.24, 2.45) is 0 Å². The zero-order valence-electron chi connectivity index (χ0n) is 15.7. The molecule has 0 radical (unpaired) electrons. The molecular weight excluding hydrogens is 358 g/mol. The first-order chi connectivity index (χ1) is 13.6. The number of rotatable bonds is 5. The number of aromatic nitrogens is 2. The number of amides is 1. The van der Waals surface area contributed by atoms with Crippen LogP contribution >= 0.6 is 0 Å². The summed E-state index contributed by atoms with van der Waals surface area (Å²) in [4.78, 5) is 17.5. The average Bonchev–Trinajstić information content (AvgIpc) is 3.37. The molecule has 1 atom stereocenters. The molecule has 0 aliphatic heterocycles. The molecule has 4 rings (SSSR count). The Morgan fingerprint density at radius 1 is 1.21 bits per heavy atom. The van der Waals surface area contributed by atoms with Gasteiger partial charge < -0.3 is 19.0 Å². The van der Waals surface area contributed by atoms with Gasteiger partial charge in [0.25, 0.3) is 11.6 Å². The van der Waals surface area contributed by atoms with Crippen molar-refractivity contribution in [2.75, 3.05) is 7.11 Å². The van der Waals surface area contributed by atoms with Gasteiger partial charge in [0.2, 0.25) is 0 Å². The molecule has 3 heterocycles. The molecule has 0 aliphatic carbocycles. The van der Waals surface area contributed by atoms with Gasteiger partial charge in [-0.15, -0.1) is 0 Å². The van der Waals surface area contributed by atoms with E-state index in [1.165, 1.54) is 0 Å². The summed E-state index contributed by atoms with van der Waals surface area (Å²) in [6, 6.07) is 12.6. The van der Waals surface area contributed by atoms with E-state index < -0.39 is 0 Å². The zero-order valence-corrected chi connectivity index (χ0v) is 15.7. The highest BCUT2D eigenvalue weighted by molar-refractivity contribution is 6.07. The molecule has 3 aromatic heterocycles. The molecule has 0 saturated carbocycles. The minimum absolute atomic E-state index is 0.224. The molecule has 7 heteroatoms. The zero-order chi connectivity index (χ0) is 19.7. The van der Waals surface area contributed by atoms with Crippen LogP contribution in [0, 0.1) is 6.92 Å². The van der Waals surface area contributed by atoms with Crippen molar-refractivity contribution in [2.45, 2.75) is 19.9 Å². The lowest BCUT2D eigenvalue weighted by molar-refractivity contribution is 0.0941. The lowest BCUT2D eigenvalue weighted by Gasteiger charge is -2.16. The van der Waals surface area contributed by atoms with Crippen molar-refractivity contribution in [1.82, 2.24) is 15.5 Å². The molecule has 142 valence electrons. The van der Waals surface area contributed by atoms with Crippen LogP contribution in [0.2, 0.25) is 0 Å². The maximum absolute atomic E-state index is 13.1. The van der Waals surface area contributed by atoms with Gasteiger partial charge in [-0.1, -0.05) is 17.3 Å². The topological polar surface area (TPSA) is 90.4 Å². The predicted octanol–water partition coefficient (Wildman–Crippen LogP) is 4.29. The molecule has 1 N–H and O–H groups in total. The molecule has 28 heavy (non-hydrogen) atoms. The summed E-state index contributed by atoms with van der Waals surface area (Å²) in [6.07, 6.45) is 1.55. The van der Waals surface area contributed by atoms with Crippen molar-refractivity contribution in [3.63, 3.8) is 0 Å². The Kier molecular flexibility index (Phi) is 4.57. The first-order valence-electron chi connectivity index (χ1n) is 8.82.